The van der Waals surface area contributed by atoms with E-state index in [2.05, 4.69) is 17.1 Å². The maximum Gasteiger partial charge on any atom is 0.251 e. The fourth-order valence-corrected chi connectivity index (χ4v) is 2.38. The van der Waals surface area contributed by atoms with Gasteiger partial charge < -0.3 is 16.0 Å². The van der Waals surface area contributed by atoms with Crippen molar-refractivity contribution in [3.63, 3.8) is 0 Å². The zero-order valence-corrected chi connectivity index (χ0v) is 11.9. The van der Waals surface area contributed by atoms with E-state index in [0.29, 0.717) is 12.1 Å². The summed E-state index contributed by atoms with van der Waals surface area (Å²) in [6, 6.07) is 4.12. The van der Waals surface area contributed by atoms with Gasteiger partial charge in [-0.1, -0.05) is 6.92 Å². The molecule has 0 unspecified atom stereocenters. The topological polar surface area (TPSA) is 58.4 Å². The van der Waals surface area contributed by atoms with E-state index >= 15 is 0 Å². The molecule has 2 rings (SSSR count). The molecule has 0 atom stereocenters. The molecule has 1 aliphatic rings. The maximum atomic E-state index is 13.3. The van der Waals surface area contributed by atoms with E-state index < -0.39 is 5.82 Å². The SMILES string of the molecule is CC1CCN(CCNC(=O)c2ccc(N)c(F)c2)CC1. The molecule has 0 saturated carbocycles. The van der Waals surface area contributed by atoms with Gasteiger partial charge in [0.25, 0.3) is 5.91 Å². The fraction of sp³-hybridized carbons (Fsp3) is 0.533. The Morgan fingerprint density at radius 2 is 2.15 bits per heavy atom. The zero-order valence-electron chi connectivity index (χ0n) is 11.9. The quantitative estimate of drug-likeness (QED) is 0.827. The number of nitrogen functional groups attached to an aromatic ring is 1. The van der Waals surface area contributed by atoms with Gasteiger partial charge in [0.1, 0.15) is 5.82 Å². The Morgan fingerprint density at radius 1 is 1.45 bits per heavy atom. The van der Waals surface area contributed by atoms with Crippen molar-refractivity contribution in [1.82, 2.24) is 10.2 Å². The molecule has 0 radical (unpaired) electrons. The van der Waals surface area contributed by atoms with Gasteiger partial charge in [0.15, 0.2) is 0 Å². The van der Waals surface area contributed by atoms with E-state index in [1.54, 1.807) is 0 Å². The van der Waals surface area contributed by atoms with E-state index in [1.807, 2.05) is 0 Å². The van der Waals surface area contributed by atoms with Crippen LogP contribution in [-0.2, 0) is 0 Å². The average molecular weight is 279 g/mol. The predicted molar refractivity (Wildman–Crippen MR) is 78.0 cm³/mol. The second-order valence-corrected chi connectivity index (χ2v) is 5.52. The maximum absolute atomic E-state index is 13.3. The minimum absolute atomic E-state index is 0.0592. The van der Waals surface area contributed by atoms with Gasteiger partial charge in [-0.05, 0) is 50.0 Å². The Bertz CT molecular complexity index is 470. The summed E-state index contributed by atoms with van der Waals surface area (Å²) >= 11 is 0. The molecule has 0 aliphatic carbocycles. The molecule has 1 fully saturated rings. The highest BCUT2D eigenvalue weighted by molar-refractivity contribution is 5.94. The van der Waals surface area contributed by atoms with Crippen LogP contribution in [0.2, 0.25) is 0 Å². The van der Waals surface area contributed by atoms with Gasteiger partial charge in [0.05, 0.1) is 5.69 Å². The third kappa shape index (κ3) is 3.93. The average Bonchev–Trinajstić information content (AvgIpc) is 2.44. The molecule has 1 saturated heterocycles. The van der Waals surface area contributed by atoms with Crippen LogP contribution < -0.4 is 11.1 Å². The molecule has 0 spiro atoms. The van der Waals surface area contributed by atoms with Crippen LogP contribution in [-0.4, -0.2) is 37.0 Å². The Morgan fingerprint density at radius 3 is 2.80 bits per heavy atom. The minimum Gasteiger partial charge on any atom is -0.396 e. The lowest BCUT2D eigenvalue weighted by molar-refractivity contribution is 0.0944. The highest BCUT2D eigenvalue weighted by atomic mass is 19.1. The van der Waals surface area contributed by atoms with Gasteiger partial charge in [-0.25, -0.2) is 4.39 Å². The summed E-state index contributed by atoms with van der Waals surface area (Å²) in [6.07, 6.45) is 2.44. The molecule has 3 N–H and O–H groups in total. The molecule has 20 heavy (non-hydrogen) atoms. The number of rotatable bonds is 4. The molecule has 110 valence electrons. The highest BCUT2D eigenvalue weighted by Crippen LogP contribution is 2.15. The number of carbonyl (C=O) groups excluding carboxylic acids is 1. The minimum atomic E-state index is -0.553. The lowest BCUT2D eigenvalue weighted by Crippen LogP contribution is -2.39. The number of hydrogen-bond donors (Lipinski definition) is 2. The number of anilines is 1. The van der Waals surface area contributed by atoms with E-state index in [9.17, 15) is 9.18 Å². The predicted octanol–water partition coefficient (Wildman–Crippen LogP) is 1.87. The van der Waals surface area contributed by atoms with Crippen LogP contribution in [0.25, 0.3) is 0 Å². The van der Waals surface area contributed by atoms with E-state index in [1.165, 1.54) is 31.0 Å². The fourth-order valence-electron chi connectivity index (χ4n) is 2.38. The number of benzene rings is 1. The third-order valence-electron chi connectivity index (χ3n) is 3.85. The van der Waals surface area contributed by atoms with E-state index in [4.69, 9.17) is 5.73 Å². The number of nitrogens with one attached hydrogen (secondary N) is 1. The van der Waals surface area contributed by atoms with Gasteiger partial charge >= 0.3 is 0 Å². The van der Waals surface area contributed by atoms with Crippen molar-refractivity contribution in [3.8, 4) is 0 Å². The standard InChI is InChI=1S/C15H22FN3O/c1-11-4-7-19(8-5-11)9-6-18-15(20)12-2-3-14(17)13(16)10-12/h2-3,10-11H,4-9,17H2,1H3,(H,18,20). The van der Waals surface area contributed by atoms with E-state index in [0.717, 1.165) is 25.6 Å². The first-order chi connectivity index (χ1) is 9.56. The Kier molecular flexibility index (Phi) is 4.95. The summed E-state index contributed by atoms with van der Waals surface area (Å²) in [5.74, 6) is -0.00413. The van der Waals surface area contributed by atoms with Crippen LogP contribution >= 0.6 is 0 Å². The van der Waals surface area contributed by atoms with E-state index in [-0.39, 0.29) is 11.6 Å². The van der Waals surface area contributed by atoms with Crippen LogP contribution in [0.3, 0.4) is 0 Å². The monoisotopic (exact) mass is 279 g/mol. The first-order valence-electron chi connectivity index (χ1n) is 7.12. The number of likely N-dealkylation sites (tertiary alicyclic amines) is 1. The smallest absolute Gasteiger partial charge is 0.251 e. The summed E-state index contributed by atoms with van der Waals surface area (Å²) in [5.41, 5.74) is 5.75. The number of piperidine rings is 1. The lowest BCUT2D eigenvalue weighted by Gasteiger charge is -2.30. The number of nitrogens with two attached hydrogens (primary N) is 1. The number of hydrogen-bond acceptors (Lipinski definition) is 3. The molecule has 0 aromatic heterocycles. The molecule has 1 heterocycles. The van der Waals surface area contributed by atoms with Crippen LogP contribution in [0.4, 0.5) is 10.1 Å². The normalized spacial score (nSPS) is 17.1. The summed E-state index contributed by atoms with van der Waals surface area (Å²) in [7, 11) is 0. The van der Waals surface area contributed by atoms with Crippen LogP contribution in [0, 0.1) is 11.7 Å². The second kappa shape index (κ2) is 6.70. The van der Waals surface area contributed by atoms with Crippen molar-refractivity contribution in [2.75, 3.05) is 31.9 Å². The van der Waals surface area contributed by atoms with Gasteiger partial charge in [-0.2, -0.15) is 0 Å². The van der Waals surface area contributed by atoms with Gasteiger partial charge in [-0.15, -0.1) is 0 Å². The Hall–Kier alpha value is -1.62. The molecular weight excluding hydrogens is 257 g/mol. The number of nitrogens with zero attached hydrogens (tertiary/aromatic N) is 1. The largest absolute Gasteiger partial charge is 0.396 e. The first kappa shape index (κ1) is 14.8. The Balaban J connectivity index is 1.76. The lowest BCUT2D eigenvalue weighted by atomic mass is 9.99. The molecule has 4 nitrogen and oxygen atoms in total. The third-order valence-corrected chi connectivity index (χ3v) is 3.85. The van der Waals surface area contributed by atoms with Crippen LogP contribution in [0.1, 0.15) is 30.1 Å². The van der Waals surface area contributed by atoms with Gasteiger partial charge in [0, 0.05) is 18.7 Å². The van der Waals surface area contributed by atoms with Crippen molar-refractivity contribution in [3.05, 3.63) is 29.6 Å². The van der Waals surface area contributed by atoms with Crippen molar-refractivity contribution in [1.29, 1.82) is 0 Å². The summed E-state index contributed by atoms with van der Waals surface area (Å²) in [6.45, 7) is 5.88. The highest BCUT2D eigenvalue weighted by Gasteiger charge is 2.15. The van der Waals surface area contributed by atoms with Crippen molar-refractivity contribution in [2.24, 2.45) is 5.92 Å². The van der Waals surface area contributed by atoms with Crippen molar-refractivity contribution >= 4 is 11.6 Å². The van der Waals surface area contributed by atoms with Gasteiger partial charge in [-0.3, -0.25) is 4.79 Å². The van der Waals surface area contributed by atoms with Crippen molar-refractivity contribution < 1.29 is 9.18 Å². The summed E-state index contributed by atoms with van der Waals surface area (Å²) in [4.78, 5) is 14.2. The molecule has 0 bridgehead atoms. The molecule has 1 aliphatic heterocycles. The molecule has 5 heteroatoms. The molecule has 1 aromatic rings. The summed E-state index contributed by atoms with van der Waals surface area (Å²) in [5, 5.41) is 2.82. The number of halogens is 1. The number of amides is 1. The first-order valence-corrected chi connectivity index (χ1v) is 7.12. The second-order valence-electron chi connectivity index (χ2n) is 5.52. The molecule has 1 amide bonds. The van der Waals surface area contributed by atoms with Crippen molar-refractivity contribution in [2.45, 2.75) is 19.8 Å². The molecular formula is C15H22FN3O. The number of carbonyl (C=O) groups is 1. The zero-order chi connectivity index (χ0) is 14.5. The molecule has 1 aromatic carbocycles. The van der Waals surface area contributed by atoms with Crippen LogP contribution in [0.5, 0.6) is 0 Å². The van der Waals surface area contributed by atoms with Gasteiger partial charge in [0.2, 0.25) is 0 Å². The summed E-state index contributed by atoms with van der Waals surface area (Å²) < 4.78 is 13.3. The Labute approximate surface area is 119 Å². The van der Waals surface area contributed by atoms with Crippen LogP contribution in [0.15, 0.2) is 18.2 Å².